The van der Waals surface area contributed by atoms with Crippen LogP contribution >= 0.6 is 0 Å². The van der Waals surface area contributed by atoms with Crippen molar-refractivity contribution < 1.29 is 14.3 Å². The Bertz CT molecular complexity index is 430. The first-order chi connectivity index (χ1) is 7.74. The minimum Gasteiger partial charge on any atom is -0.456 e. The molecular formula is C14H18O3. The molecule has 0 bridgehead atoms. The van der Waals surface area contributed by atoms with Gasteiger partial charge in [0.1, 0.15) is 5.60 Å². The van der Waals surface area contributed by atoms with Crippen LogP contribution in [-0.4, -0.2) is 17.9 Å². The summed E-state index contributed by atoms with van der Waals surface area (Å²) in [6.07, 6.45) is 0.809. The maximum atomic E-state index is 11.9. The number of hydrogen-bond acceptors (Lipinski definition) is 3. The fraction of sp³-hybridized carbons (Fsp3) is 0.429. The zero-order chi connectivity index (χ0) is 13.2. The predicted molar refractivity (Wildman–Crippen MR) is 66.5 cm³/mol. The highest BCUT2D eigenvalue weighted by Crippen LogP contribution is 2.18. The minimum absolute atomic E-state index is 0.360. The molecular weight excluding hydrogens is 216 g/mol. The van der Waals surface area contributed by atoms with E-state index in [1.807, 2.05) is 34.6 Å². The second kappa shape index (κ2) is 4.70. The number of aryl methyl sites for hydroxylation is 2. The van der Waals surface area contributed by atoms with E-state index in [4.69, 9.17) is 4.74 Å². The quantitative estimate of drug-likeness (QED) is 0.583. The van der Waals surface area contributed by atoms with Crippen LogP contribution in [-0.2, 0) is 4.74 Å². The van der Waals surface area contributed by atoms with E-state index < -0.39 is 5.60 Å². The first-order valence-corrected chi connectivity index (χ1v) is 5.54. The Morgan fingerprint density at radius 3 is 2.00 bits per heavy atom. The molecule has 1 aromatic rings. The van der Waals surface area contributed by atoms with Gasteiger partial charge >= 0.3 is 5.97 Å². The van der Waals surface area contributed by atoms with Crippen molar-refractivity contribution in [2.24, 2.45) is 0 Å². The number of esters is 1. The lowest BCUT2D eigenvalue weighted by atomic mass is 10.0. The molecule has 0 aromatic heterocycles. The SMILES string of the molecule is Cc1cc(C(=O)OC(C)(C)C)cc(C)c1C=O. The van der Waals surface area contributed by atoms with Gasteiger partial charge in [-0.2, -0.15) is 0 Å². The lowest BCUT2D eigenvalue weighted by Gasteiger charge is -2.20. The third-order valence-corrected chi connectivity index (χ3v) is 2.35. The topological polar surface area (TPSA) is 43.4 Å². The smallest absolute Gasteiger partial charge is 0.338 e. The van der Waals surface area contributed by atoms with Gasteiger partial charge < -0.3 is 4.74 Å². The molecule has 0 unspecified atom stereocenters. The molecule has 1 rings (SSSR count). The fourth-order valence-electron chi connectivity index (χ4n) is 1.62. The maximum Gasteiger partial charge on any atom is 0.338 e. The predicted octanol–water partition coefficient (Wildman–Crippen LogP) is 3.07. The van der Waals surface area contributed by atoms with Gasteiger partial charge in [0.25, 0.3) is 0 Å². The molecule has 0 radical (unpaired) electrons. The number of benzene rings is 1. The molecule has 92 valence electrons. The van der Waals surface area contributed by atoms with Gasteiger partial charge in [-0.15, -0.1) is 0 Å². The largest absolute Gasteiger partial charge is 0.456 e. The van der Waals surface area contributed by atoms with Gasteiger partial charge in [-0.05, 0) is 57.9 Å². The average Bonchev–Trinajstić information content (AvgIpc) is 2.14. The lowest BCUT2D eigenvalue weighted by Crippen LogP contribution is -2.24. The number of carbonyl (C=O) groups is 2. The third-order valence-electron chi connectivity index (χ3n) is 2.35. The number of carbonyl (C=O) groups excluding carboxylic acids is 2. The van der Waals surface area contributed by atoms with Gasteiger partial charge in [0, 0.05) is 5.56 Å². The molecule has 0 aliphatic heterocycles. The normalized spacial score (nSPS) is 11.1. The van der Waals surface area contributed by atoms with Crippen molar-refractivity contribution in [1.82, 2.24) is 0 Å². The van der Waals surface area contributed by atoms with Crippen LogP contribution in [0, 0.1) is 13.8 Å². The van der Waals surface area contributed by atoms with Gasteiger partial charge in [0.05, 0.1) is 5.56 Å². The summed E-state index contributed by atoms with van der Waals surface area (Å²) in [5, 5.41) is 0. The summed E-state index contributed by atoms with van der Waals surface area (Å²) in [7, 11) is 0. The number of ether oxygens (including phenoxy) is 1. The van der Waals surface area contributed by atoms with Crippen molar-refractivity contribution in [2.75, 3.05) is 0 Å². The van der Waals surface area contributed by atoms with Gasteiger partial charge in [-0.3, -0.25) is 4.79 Å². The third kappa shape index (κ3) is 3.41. The number of hydrogen-bond donors (Lipinski definition) is 0. The van der Waals surface area contributed by atoms with Crippen molar-refractivity contribution in [3.8, 4) is 0 Å². The molecule has 1 aromatic carbocycles. The van der Waals surface area contributed by atoms with Crippen LogP contribution in [0.3, 0.4) is 0 Å². The Kier molecular flexibility index (Phi) is 3.71. The highest BCUT2D eigenvalue weighted by Gasteiger charge is 2.19. The maximum absolute atomic E-state index is 11.9. The first kappa shape index (κ1) is 13.4. The summed E-state index contributed by atoms with van der Waals surface area (Å²) in [4.78, 5) is 22.7. The van der Waals surface area contributed by atoms with Gasteiger partial charge in [0.15, 0.2) is 6.29 Å². The van der Waals surface area contributed by atoms with Crippen molar-refractivity contribution in [3.63, 3.8) is 0 Å². The van der Waals surface area contributed by atoms with E-state index in [-0.39, 0.29) is 5.97 Å². The van der Waals surface area contributed by atoms with E-state index in [2.05, 4.69) is 0 Å². The Hall–Kier alpha value is -1.64. The molecule has 0 N–H and O–H groups in total. The van der Waals surface area contributed by atoms with Gasteiger partial charge in [-0.25, -0.2) is 4.79 Å². The van der Waals surface area contributed by atoms with Crippen molar-refractivity contribution in [1.29, 1.82) is 0 Å². The highest BCUT2D eigenvalue weighted by molar-refractivity contribution is 5.92. The second-order valence-corrected chi connectivity index (χ2v) is 5.14. The van der Waals surface area contributed by atoms with Gasteiger partial charge in [0.2, 0.25) is 0 Å². The molecule has 0 atom stereocenters. The molecule has 0 fully saturated rings. The minimum atomic E-state index is -0.512. The summed E-state index contributed by atoms with van der Waals surface area (Å²) in [6, 6.07) is 3.37. The van der Waals surface area contributed by atoms with Crippen LogP contribution in [0.2, 0.25) is 0 Å². The Morgan fingerprint density at radius 1 is 1.18 bits per heavy atom. The first-order valence-electron chi connectivity index (χ1n) is 5.54. The highest BCUT2D eigenvalue weighted by atomic mass is 16.6. The Labute approximate surface area is 102 Å². The van der Waals surface area contributed by atoms with Crippen molar-refractivity contribution in [2.45, 2.75) is 40.2 Å². The molecule has 0 spiro atoms. The summed E-state index contributed by atoms with van der Waals surface area (Å²) in [5.41, 5.74) is 2.20. The average molecular weight is 234 g/mol. The molecule has 0 aliphatic rings. The molecule has 0 heterocycles. The fourth-order valence-corrected chi connectivity index (χ4v) is 1.62. The van der Waals surface area contributed by atoms with E-state index in [1.165, 1.54) is 0 Å². The molecule has 3 heteroatoms. The summed E-state index contributed by atoms with van der Waals surface area (Å²) in [6.45, 7) is 9.09. The van der Waals surface area contributed by atoms with Crippen LogP contribution in [0.5, 0.6) is 0 Å². The molecule has 0 amide bonds. The zero-order valence-corrected chi connectivity index (χ0v) is 11.0. The second-order valence-electron chi connectivity index (χ2n) is 5.14. The lowest BCUT2D eigenvalue weighted by molar-refractivity contribution is 0.00691. The molecule has 0 aliphatic carbocycles. The van der Waals surface area contributed by atoms with E-state index in [9.17, 15) is 9.59 Å². The molecule has 0 saturated carbocycles. The van der Waals surface area contributed by atoms with Gasteiger partial charge in [-0.1, -0.05) is 0 Å². The van der Waals surface area contributed by atoms with Crippen molar-refractivity contribution in [3.05, 3.63) is 34.4 Å². The standard InChI is InChI=1S/C14H18O3/c1-9-6-11(7-10(2)12(9)8-15)13(16)17-14(3,4)5/h6-8H,1-5H3. The van der Waals surface area contributed by atoms with E-state index >= 15 is 0 Å². The van der Waals surface area contributed by atoms with Crippen LogP contribution in [0.1, 0.15) is 52.6 Å². The van der Waals surface area contributed by atoms with Crippen LogP contribution in [0.15, 0.2) is 12.1 Å². The van der Waals surface area contributed by atoms with Crippen LogP contribution in [0.4, 0.5) is 0 Å². The van der Waals surface area contributed by atoms with E-state index in [0.29, 0.717) is 11.1 Å². The Balaban J connectivity index is 3.09. The summed E-state index contributed by atoms with van der Waals surface area (Å²) in [5.74, 6) is -0.360. The van der Waals surface area contributed by atoms with E-state index in [0.717, 1.165) is 17.4 Å². The number of rotatable bonds is 2. The zero-order valence-electron chi connectivity index (χ0n) is 11.0. The Morgan fingerprint density at radius 2 is 1.65 bits per heavy atom. The van der Waals surface area contributed by atoms with Crippen molar-refractivity contribution >= 4 is 12.3 Å². The van der Waals surface area contributed by atoms with E-state index in [1.54, 1.807) is 12.1 Å². The van der Waals surface area contributed by atoms with Crippen LogP contribution < -0.4 is 0 Å². The molecule has 3 nitrogen and oxygen atoms in total. The molecule has 17 heavy (non-hydrogen) atoms. The summed E-state index contributed by atoms with van der Waals surface area (Å²) < 4.78 is 5.28. The molecule has 0 saturated heterocycles. The monoisotopic (exact) mass is 234 g/mol. The van der Waals surface area contributed by atoms with Crippen LogP contribution in [0.25, 0.3) is 0 Å². The summed E-state index contributed by atoms with van der Waals surface area (Å²) >= 11 is 0. The number of aldehydes is 1.